The second kappa shape index (κ2) is 8.13. The van der Waals surface area contributed by atoms with Crippen molar-refractivity contribution in [1.82, 2.24) is 10.3 Å². The van der Waals surface area contributed by atoms with Crippen molar-refractivity contribution in [3.8, 4) is 5.75 Å². The number of nitrogens with zero attached hydrogens (tertiary/aromatic N) is 2. The molecule has 1 amide bonds. The van der Waals surface area contributed by atoms with E-state index in [-0.39, 0.29) is 18.3 Å². The molecule has 0 bridgehead atoms. The van der Waals surface area contributed by atoms with Gasteiger partial charge < -0.3 is 15.8 Å². The van der Waals surface area contributed by atoms with Crippen LogP contribution < -0.4 is 20.5 Å². The summed E-state index contributed by atoms with van der Waals surface area (Å²) in [5.41, 5.74) is 6.95. The summed E-state index contributed by atoms with van der Waals surface area (Å²) < 4.78 is 32.1. The van der Waals surface area contributed by atoms with Crippen LogP contribution in [0.25, 0.3) is 0 Å². The molecule has 1 saturated carbocycles. The maximum absolute atomic E-state index is 12.8. The van der Waals surface area contributed by atoms with Crippen LogP contribution in [-0.2, 0) is 0 Å². The zero-order valence-corrected chi connectivity index (χ0v) is 17.2. The summed E-state index contributed by atoms with van der Waals surface area (Å²) in [5.74, 6) is 0.312. The summed E-state index contributed by atoms with van der Waals surface area (Å²) in [6, 6.07) is 8.53. The minimum atomic E-state index is -3.36. The predicted octanol–water partition coefficient (Wildman–Crippen LogP) is 3.30. The largest absolute Gasteiger partial charge is 0.490 e. The van der Waals surface area contributed by atoms with E-state index in [4.69, 9.17) is 10.5 Å². The number of carbonyl (C=O) groups is 1. The third-order valence-electron chi connectivity index (χ3n) is 5.39. The lowest BCUT2D eigenvalue weighted by Gasteiger charge is -2.38. The number of aromatic nitrogens is 1. The molecule has 1 fully saturated rings. The molecule has 4 rings (SSSR count). The molecule has 2 heterocycles. The van der Waals surface area contributed by atoms with E-state index in [9.17, 15) is 13.9 Å². The number of ether oxygens (including phenoxy) is 1. The van der Waals surface area contributed by atoms with Crippen molar-refractivity contribution in [2.24, 2.45) is 10.1 Å². The van der Waals surface area contributed by atoms with Gasteiger partial charge in [0.25, 0.3) is 5.91 Å². The maximum atomic E-state index is 12.8. The van der Waals surface area contributed by atoms with Gasteiger partial charge in [-0.1, -0.05) is 25.3 Å². The van der Waals surface area contributed by atoms with Crippen molar-refractivity contribution in [2.75, 3.05) is 11.3 Å². The summed E-state index contributed by atoms with van der Waals surface area (Å²) in [5, 5.41) is 3.18. The first kappa shape index (κ1) is 20.5. The first-order valence-corrected chi connectivity index (χ1v) is 11.3. The Morgan fingerprint density at radius 2 is 1.93 bits per heavy atom. The molecule has 0 radical (unpaired) electrons. The fraction of sp³-hybridized carbons (Fsp3) is 0.350. The van der Waals surface area contributed by atoms with Crippen molar-refractivity contribution in [3.05, 3.63) is 53.9 Å². The standard InChI is InChI=1S/C20H25N5O4S/c21-18-17-15(24-30(27,28)25-18)5-4-6-16(17)29-13-20(9-2-1-3-10-20)23-19(26)14-7-11-22-12-8-14/h4-8,11-12,24,27-28H,1-3,9-10,13H2,(H2,21,25)(H,23,26). The van der Waals surface area contributed by atoms with Gasteiger partial charge in [-0.15, -0.1) is 4.40 Å². The molecule has 0 atom stereocenters. The van der Waals surface area contributed by atoms with Crippen LogP contribution >= 0.6 is 11.0 Å². The van der Waals surface area contributed by atoms with Crippen LogP contribution in [0.15, 0.2) is 47.1 Å². The molecule has 6 N–H and O–H groups in total. The van der Waals surface area contributed by atoms with E-state index in [1.807, 2.05) is 0 Å². The zero-order chi connectivity index (χ0) is 21.2. The normalized spacial score (nSPS) is 20.1. The Kier molecular flexibility index (Phi) is 5.54. The molecule has 10 heteroatoms. The molecule has 30 heavy (non-hydrogen) atoms. The first-order valence-electron chi connectivity index (χ1n) is 9.78. The number of amides is 1. The minimum Gasteiger partial charge on any atom is -0.490 e. The number of nitrogens with two attached hydrogens (primary N) is 1. The van der Waals surface area contributed by atoms with Gasteiger partial charge in [0, 0.05) is 18.0 Å². The number of benzene rings is 1. The highest BCUT2D eigenvalue weighted by atomic mass is 32.3. The Morgan fingerprint density at radius 3 is 2.67 bits per heavy atom. The molecule has 2 aliphatic rings. The number of anilines is 1. The van der Waals surface area contributed by atoms with Crippen molar-refractivity contribution >= 4 is 28.4 Å². The molecule has 0 unspecified atom stereocenters. The molecule has 0 spiro atoms. The van der Waals surface area contributed by atoms with Gasteiger partial charge in [-0.05, 0) is 48.1 Å². The molecule has 2 aromatic rings. The third-order valence-corrected chi connectivity index (χ3v) is 6.34. The van der Waals surface area contributed by atoms with Crippen molar-refractivity contribution < 1.29 is 18.6 Å². The monoisotopic (exact) mass is 431 g/mol. The number of fused-ring (bicyclic) bond motifs is 1. The lowest BCUT2D eigenvalue weighted by molar-refractivity contribution is 0.0788. The molecule has 0 saturated heterocycles. The summed E-state index contributed by atoms with van der Waals surface area (Å²) >= 11 is 0. The Hall–Kier alpha value is -2.82. The van der Waals surface area contributed by atoms with Crippen LogP contribution in [0.2, 0.25) is 0 Å². The van der Waals surface area contributed by atoms with Gasteiger partial charge in [-0.2, -0.15) is 0 Å². The van der Waals surface area contributed by atoms with Crippen molar-refractivity contribution in [3.63, 3.8) is 0 Å². The summed E-state index contributed by atoms with van der Waals surface area (Å²) in [6.45, 7) is 0.268. The van der Waals surface area contributed by atoms with Gasteiger partial charge in [0.2, 0.25) is 0 Å². The molecular weight excluding hydrogens is 406 g/mol. The van der Waals surface area contributed by atoms with E-state index in [2.05, 4.69) is 19.4 Å². The molecule has 1 aliphatic heterocycles. The summed E-state index contributed by atoms with van der Waals surface area (Å²) in [4.78, 5) is 16.7. The maximum Gasteiger partial charge on any atom is 0.251 e. The van der Waals surface area contributed by atoms with E-state index in [1.54, 1.807) is 42.7 Å². The van der Waals surface area contributed by atoms with E-state index in [1.165, 1.54) is 0 Å². The number of amidine groups is 1. The fourth-order valence-corrected chi connectivity index (χ4v) is 4.80. The molecule has 9 nitrogen and oxygen atoms in total. The van der Waals surface area contributed by atoms with Crippen LogP contribution in [0.5, 0.6) is 5.75 Å². The van der Waals surface area contributed by atoms with Gasteiger partial charge >= 0.3 is 0 Å². The number of nitrogens with one attached hydrogen (secondary N) is 2. The molecule has 1 aromatic heterocycles. The lowest BCUT2D eigenvalue weighted by Crippen LogP contribution is -2.54. The number of pyridine rings is 1. The molecule has 160 valence electrons. The average molecular weight is 432 g/mol. The fourth-order valence-electron chi connectivity index (χ4n) is 3.92. The molecule has 1 aromatic carbocycles. The van der Waals surface area contributed by atoms with Crippen molar-refractivity contribution in [1.29, 1.82) is 0 Å². The van der Waals surface area contributed by atoms with Crippen LogP contribution in [0.1, 0.15) is 48.0 Å². The highest BCUT2D eigenvalue weighted by molar-refractivity contribution is 8.24. The number of rotatable bonds is 5. The second-order valence-corrected chi connectivity index (χ2v) is 9.02. The zero-order valence-electron chi connectivity index (χ0n) is 16.4. The number of carbonyl (C=O) groups excluding carboxylic acids is 1. The Bertz CT molecular complexity index is 961. The average Bonchev–Trinajstić information content (AvgIpc) is 2.72. The quantitative estimate of drug-likeness (QED) is 0.489. The third kappa shape index (κ3) is 4.35. The predicted molar refractivity (Wildman–Crippen MR) is 117 cm³/mol. The Balaban J connectivity index is 1.55. The van der Waals surface area contributed by atoms with Gasteiger partial charge in [0.1, 0.15) is 12.4 Å². The van der Waals surface area contributed by atoms with Gasteiger partial charge in [-0.25, -0.2) is 0 Å². The van der Waals surface area contributed by atoms with Crippen LogP contribution in [0, 0.1) is 0 Å². The van der Waals surface area contributed by atoms with Crippen molar-refractivity contribution in [2.45, 2.75) is 37.6 Å². The minimum absolute atomic E-state index is 0.00198. The Morgan fingerprint density at radius 1 is 1.20 bits per heavy atom. The van der Waals surface area contributed by atoms with Gasteiger partial charge in [0.05, 0.1) is 16.8 Å². The topological polar surface area (TPSA) is 142 Å². The summed E-state index contributed by atoms with van der Waals surface area (Å²) in [6.07, 6.45) is 7.92. The van der Waals surface area contributed by atoms with E-state index in [0.29, 0.717) is 22.6 Å². The van der Waals surface area contributed by atoms with Crippen LogP contribution in [-0.4, -0.2) is 38.0 Å². The summed E-state index contributed by atoms with van der Waals surface area (Å²) in [7, 11) is -3.36. The highest BCUT2D eigenvalue weighted by Crippen LogP contribution is 2.47. The van der Waals surface area contributed by atoms with Gasteiger partial charge in [0.15, 0.2) is 5.84 Å². The molecular formula is C20H25N5O4S. The first-order chi connectivity index (χ1) is 14.4. The number of hydrogen-bond donors (Lipinski definition) is 5. The van der Waals surface area contributed by atoms with Gasteiger partial charge in [-0.3, -0.25) is 23.6 Å². The highest BCUT2D eigenvalue weighted by Gasteiger charge is 2.35. The van der Waals surface area contributed by atoms with Crippen LogP contribution in [0.4, 0.5) is 5.69 Å². The SMILES string of the molecule is NC1=NS(O)(O)Nc2cccc(OCC3(NC(=O)c4ccncc4)CCCCC3)c21. The number of hydrogen-bond acceptors (Lipinski definition) is 8. The Labute approximate surface area is 176 Å². The second-order valence-electron chi connectivity index (χ2n) is 7.60. The lowest BCUT2D eigenvalue weighted by atomic mass is 9.82. The van der Waals surface area contributed by atoms with Crippen LogP contribution in [0.3, 0.4) is 0 Å². The van der Waals surface area contributed by atoms with E-state index < -0.39 is 16.5 Å². The van der Waals surface area contributed by atoms with E-state index >= 15 is 0 Å². The smallest absolute Gasteiger partial charge is 0.251 e. The van der Waals surface area contributed by atoms with E-state index in [0.717, 1.165) is 32.1 Å². The molecule has 1 aliphatic carbocycles.